The molecule has 102 valence electrons. The number of amidine groups is 1. The molecule has 0 aliphatic carbocycles. The van der Waals surface area contributed by atoms with Crippen molar-refractivity contribution in [2.24, 2.45) is 5.41 Å². The molecule has 0 aromatic rings. The van der Waals surface area contributed by atoms with Gasteiger partial charge in [0.2, 0.25) is 0 Å². The Morgan fingerprint density at radius 2 is 1.47 bits per heavy atom. The van der Waals surface area contributed by atoms with Gasteiger partial charge in [-0.25, -0.2) is 0 Å². The molecule has 17 heavy (non-hydrogen) atoms. The molecule has 0 aliphatic rings. The second-order valence-corrected chi connectivity index (χ2v) is 5.56. The van der Waals surface area contributed by atoms with Crippen LogP contribution in [-0.4, -0.2) is 48.4 Å². The highest BCUT2D eigenvalue weighted by Crippen LogP contribution is 2.17. The van der Waals surface area contributed by atoms with Crippen LogP contribution in [0.3, 0.4) is 0 Å². The van der Waals surface area contributed by atoms with Crippen LogP contribution in [0.1, 0.15) is 48.0 Å². The van der Waals surface area contributed by atoms with Crippen LogP contribution in [0.4, 0.5) is 0 Å². The fourth-order valence-corrected chi connectivity index (χ4v) is 1.93. The van der Waals surface area contributed by atoms with E-state index in [1.54, 1.807) is 0 Å². The van der Waals surface area contributed by atoms with Crippen LogP contribution >= 0.6 is 0 Å². The summed E-state index contributed by atoms with van der Waals surface area (Å²) in [6, 6.07) is 0. The molecule has 0 saturated heterocycles. The first-order chi connectivity index (χ1) is 7.86. The van der Waals surface area contributed by atoms with Crippen LogP contribution in [-0.2, 0) is 0 Å². The van der Waals surface area contributed by atoms with Gasteiger partial charge in [0.25, 0.3) is 0 Å². The number of hydrogen-bond acceptors (Lipinski definition) is 2. The summed E-state index contributed by atoms with van der Waals surface area (Å²) in [4.78, 5) is 4.64. The van der Waals surface area contributed by atoms with Crippen LogP contribution in [0.15, 0.2) is 0 Å². The molecule has 0 atom stereocenters. The minimum Gasteiger partial charge on any atom is -0.360 e. The Hall–Kier alpha value is -0.570. The molecule has 3 nitrogen and oxygen atoms in total. The molecule has 0 unspecified atom stereocenters. The molecule has 1 N–H and O–H groups in total. The van der Waals surface area contributed by atoms with E-state index in [0.29, 0.717) is 0 Å². The lowest BCUT2D eigenvalue weighted by atomic mass is 9.94. The molecule has 0 aromatic heterocycles. The van der Waals surface area contributed by atoms with Gasteiger partial charge in [-0.3, -0.25) is 5.41 Å². The van der Waals surface area contributed by atoms with Crippen molar-refractivity contribution in [2.75, 3.05) is 32.7 Å². The van der Waals surface area contributed by atoms with Gasteiger partial charge in [-0.05, 0) is 33.0 Å². The van der Waals surface area contributed by atoms with Crippen molar-refractivity contribution < 1.29 is 0 Å². The Morgan fingerprint density at radius 3 is 1.82 bits per heavy atom. The normalized spacial score (nSPS) is 11.9. The van der Waals surface area contributed by atoms with E-state index in [2.05, 4.69) is 51.3 Å². The van der Waals surface area contributed by atoms with Crippen molar-refractivity contribution in [1.82, 2.24) is 9.80 Å². The Morgan fingerprint density at radius 1 is 0.941 bits per heavy atom. The lowest BCUT2D eigenvalue weighted by molar-refractivity contribution is 0.278. The molecule has 0 aliphatic heterocycles. The van der Waals surface area contributed by atoms with Gasteiger partial charge in [0.1, 0.15) is 5.84 Å². The number of rotatable bonds is 7. The van der Waals surface area contributed by atoms with Gasteiger partial charge in [-0.2, -0.15) is 0 Å². The zero-order chi connectivity index (χ0) is 13.5. The summed E-state index contributed by atoms with van der Waals surface area (Å²) in [5.74, 6) is 0.763. The summed E-state index contributed by atoms with van der Waals surface area (Å²) < 4.78 is 0. The molecule has 0 radical (unpaired) electrons. The average molecular weight is 241 g/mol. The maximum Gasteiger partial charge on any atom is 0.101 e. The van der Waals surface area contributed by atoms with Crippen LogP contribution in [0.25, 0.3) is 0 Å². The first kappa shape index (κ1) is 16.4. The Labute approximate surface area is 108 Å². The fraction of sp³-hybridized carbons (Fsp3) is 0.929. The molecule has 0 spiro atoms. The fourth-order valence-electron chi connectivity index (χ4n) is 1.93. The van der Waals surface area contributed by atoms with E-state index < -0.39 is 0 Å². The predicted molar refractivity (Wildman–Crippen MR) is 76.8 cm³/mol. The monoisotopic (exact) mass is 241 g/mol. The van der Waals surface area contributed by atoms with Gasteiger partial charge in [0.05, 0.1) is 0 Å². The van der Waals surface area contributed by atoms with Crippen LogP contribution < -0.4 is 0 Å². The lowest BCUT2D eigenvalue weighted by Crippen LogP contribution is -2.40. The van der Waals surface area contributed by atoms with Gasteiger partial charge < -0.3 is 9.80 Å². The van der Waals surface area contributed by atoms with Gasteiger partial charge in [0.15, 0.2) is 0 Å². The van der Waals surface area contributed by atoms with Crippen molar-refractivity contribution in [1.29, 1.82) is 5.41 Å². The predicted octanol–water partition coefficient (Wildman–Crippen LogP) is 3.06. The van der Waals surface area contributed by atoms with E-state index in [1.165, 1.54) is 0 Å². The third-order valence-electron chi connectivity index (χ3n) is 3.21. The molecule has 0 rings (SSSR count). The van der Waals surface area contributed by atoms with E-state index >= 15 is 0 Å². The smallest absolute Gasteiger partial charge is 0.101 e. The molecule has 0 aromatic carbocycles. The summed E-state index contributed by atoms with van der Waals surface area (Å²) in [6.07, 6.45) is 1.15. The topological polar surface area (TPSA) is 30.3 Å². The van der Waals surface area contributed by atoms with E-state index in [1.807, 2.05) is 0 Å². The Kier molecular flexibility index (Phi) is 7.44. The van der Waals surface area contributed by atoms with Crippen molar-refractivity contribution in [2.45, 2.75) is 48.0 Å². The molecule has 0 amide bonds. The maximum atomic E-state index is 8.19. The molecule has 0 bridgehead atoms. The Bertz CT molecular complexity index is 214. The van der Waals surface area contributed by atoms with Crippen LogP contribution in [0, 0.1) is 10.8 Å². The van der Waals surface area contributed by atoms with E-state index in [0.717, 1.165) is 45.0 Å². The Balaban J connectivity index is 4.11. The first-order valence-electron chi connectivity index (χ1n) is 6.93. The van der Waals surface area contributed by atoms with E-state index in [4.69, 9.17) is 5.41 Å². The van der Waals surface area contributed by atoms with Gasteiger partial charge >= 0.3 is 0 Å². The second kappa shape index (κ2) is 7.70. The molecular formula is C14H31N3. The second-order valence-electron chi connectivity index (χ2n) is 5.56. The quantitative estimate of drug-likeness (QED) is 0.548. The average Bonchev–Trinajstić information content (AvgIpc) is 2.27. The molecule has 0 heterocycles. The van der Waals surface area contributed by atoms with Crippen LogP contribution in [0.2, 0.25) is 0 Å². The summed E-state index contributed by atoms with van der Waals surface area (Å²) >= 11 is 0. The highest BCUT2D eigenvalue weighted by Gasteiger charge is 2.21. The minimum absolute atomic E-state index is 0.0365. The zero-order valence-electron chi connectivity index (χ0n) is 12.6. The van der Waals surface area contributed by atoms with E-state index in [-0.39, 0.29) is 5.41 Å². The third-order valence-corrected chi connectivity index (χ3v) is 3.21. The van der Waals surface area contributed by atoms with Crippen molar-refractivity contribution >= 4 is 5.84 Å². The molecule has 3 heteroatoms. The minimum atomic E-state index is -0.0365. The van der Waals surface area contributed by atoms with Gasteiger partial charge in [0, 0.05) is 18.5 Å². The van der Waals surface area contributed by atoms with E-state index in [9.17, 15) is 0 Å². The number of nitrogens with one attached hydrogen (secondary N) is 1. The first-order valence-corrected chi connectivity index (χ1v) is 6.93. The highest BCUT2D eigenvalue weighted by atomic mass is 15.2. The zero-order valence-corrected chi connectivity index (χ0v) is 12.6. The highest BCUT2D eigenvalue weighted by molar-refractivity contribution is 5.84. The molecule has 0 saturated carbocycles. The molecule has 0 fully saturated rings. The van der Waals surface area contributed by atoms with Gasteiger partial charge in [-0.1, -0.05) is 34.6 Å². The summed E-state index contributed by atoms with van der Waals surface area (Å²) in [7, 11) is 0. The van der Waals surface area contributed by atoms with Crippen molar-refractivity contribution in [3.05, 3.63) is 0 Å². The van der Waals surface area contributed by atoms with Crippen LogP contribution in [0.5, 0.6) is 0 Å². The summed E-state index contributed by atoms with van der Waals surface area (Å²) in [5, 5.41) is 8.19. The largest absolute Gasteiger partial charge is 0.360 e. The number of hydrogen-bond donors (Lipinski definition) is 1. The van der Waals surface area contributed by atoms with Crippen molar-refractivity contribution in [3.63, 3.8) is 0 Å². The summed E-state index contributed by atoms with van der Waals surface area (Å²) in [5.41, 5.74) is -0.0365. The number of nitrogens with zero attached hydrogens (tertiary/aromatic N) is 2. The SMILES string of the molecule is CCN(CC)CCCN(CC)C(=N)C(C)(C)C. The molecular weight excluding hydrogens is 210 g/mol. The lowest BCUT2D eigenvalue weighted by Gasteiger charge is -2.32. The standard InChI is InChI=1S/C14H31N3/c1-7-16(8-2)11-10-12-17(9-3)13(15)14(4,5)6/h15H,7-12H2,1-6H3. The third kappa shape index (κ3) is 6.06. The summed E-state index contributed by atoms with van der Waals surface area (Å²) in [6.45, 7) is 18.2. The van der Waals surface area contributed by atoms with Crippen molar-refractivity contribution in [3.8, 4) is 0 Å². The maximum absolute atomic E-state index is 8.19. The van der Waals surface area contributed by atoms with Gasteiger partial charge in [-0.15, -0.1) is 0 Å².